The minimum absolute atomic E-state index is 0.0270. The van der Waals surface area contributed by atoms with Crippen LogP contribution in [0.1, 0.15) is 15.9 Å². The molecule has 3 rings (SSSR count). The molecule has 2 aromatic rings. The van der Waals surface area contributed by atoms with E-state index >= 15 is 0 Å². The minimum Gasteiger partial charge on any atom is -0.457 e. The average molecular weight is 350 g/mol. The molecule has 5 nitrogen and oxygen atoms in total. The number of halogens is 1. The zero-order chi connectivity index (χ0) is 14.7. The van der Waals surface area contributed by atoms with Gasteiger partial charge >= 0.3 is 0 Å². The molecule has 0 aromatic carbocycles. The van der Waals surface area contributed by atoms with E-state index < -0.39 is 0 Å². The number of hydrogen-bond acceptors (Lipinski definition) is 4. The van der Waals surface area contributed by atoms with Crippen LogP contribution < -0.4 is 0 Å². The summed E-state index contributed by atoms with van der Waals surface area (Å²) < 4.78 is 5.64. The smallest absolute Gasteiger partial charge is 0.258 e. The fourth-order valence-electron chi connectivity index (χ4n) is 2.47. The number of aromatic nitrogens is 1. The van der Waals surface area contributed by atoms with Crippen molar-refractivity contribution in [2.24, 2.45) is 0 Å². The number of furan rings is 1. The normalized spacial score (nSPS) is 16.1. The quantitative estimate of drug-likeness (QED) is 0.853. The van der Waals surface area contributed by atoms with Gasteiger partial charge in [-0.3, -0.25) is 14.7 Å². The SMILES string of the molecule is O=C(c1ccoc1Br)N1CCN(Cc2ccncc2)CC1. The Hall–Kier alpha value is -1.66. The van der Waals surface area contributed by atoms with Crippen LogP contribution in [0.15, 0.2) is 45.9 Å². The summed E-state index contributed by atoms with van der Waals surface area (Å²) in [6.07, 6.45) is 5.15. The second kappa shape index (κ2) is 6.41. The fraction of sp³-hybridized carbons (Fsp3) is 0.333. The topological polar surface area (TPSA) is 49.6 Å². The molecular formula is C15H16BrN3O2. The van der Waals surface area contributed by atoms with Gasteiger partial charge in [0.2, 0.25) is 0 Å². The van der Waals surface area contributed by atoms with Gasteiger partial charge in [0.1, 0.15) is 0 Å². The van der Waals surface area contributed by atoms with Gasteiger partial charge in [-0.1, -0.05) is 0 Å². The Balaban J connectivity index is 1.56. The molecule has 110 valence electrons. The van der Waals surface area contributed by atoms with Gasteiger partial charge < -0.3 is 9.32 Å². The van der Waals surface area contributed by atoms with Crippen LogP contribution in [0.2, 0.25) is 0 Å². The second-order valence-electron chi connectivity index (χ2n) is 5.03. The van der Waals surface area contributed by atoms with Crippen LogP contribution in [0.5, 0.6) is 0 Å². The number of carbonyl (C=O) groups is 1. The summed E-state index contributed by atoms with van der Waals surface area (Å²) in [5.74, 6) is 0.0270. The van der Waals surface area contributed by atoms with E-state index in [-0.39, 0.29) is 5.91 Å². The standard InChI is InChI=1S/C15H16BrN3O2/c16-14-13(3-10-21-14)15(20)19-8-6-18(7-9-19)11-12-1-4-17-5-2-12/h1-5,10H,6-9,11H2. The first kappa shape index (κ1) is 14.3. The second-order valence-corrected chi connectivity index (χ2v) is 5.75. The Morgan fingerprint density at radius 3 is 2.52 bits per heavy atom. The molecule has 1 fully saturated rings. The Labute approximate surface area is 131 Å². The number of pyridine rings is 1. The van der Waals surface area contributed by atoms with Gasteiger partial charge in [-0.05, 0) is 39.7 Å². The lowest BCUT2D eigenvalue weighted by Crippen LogP contribution is -2.48. The predicted octanol–water partition coefficient (Wildman–Crippen LogP) is 2.40. The largest absolute Gasteiger partial charge is 0.457 e. The molecule has 6 heteroatoms. The third-order valence-electron chi connectivity index (χ3n) is 3.66. The number of piperazine rings is 1. The number of nitrogens with zero attached hydrogens (tertiary/aromatic N) is 3. The van der Waals surface area contributed by atoms with Crippen molar-refractivity contribution in [1.29, 1.82) is 0 Å². The van der Waals surface area contributed by atoms with Gasteiger partial charge in [-0.2, -0.15) is 0 Å². The molecular weight excluding hydrogens is 334 g/mol. The lowest BCUT2D eigenvalue weighted by atomic mass is 10.2. The highest BCUT2D eigenvalue weighted by Gasteiger charge is 2.24. The lowest BCUT2D eigenvalue weighted by Gasteiger charge is -2.34. The molecule has 0 spiro atoms. The van der Waals surface area contributed by atoms with Gasteiger partial charge in [0.25, 0.3) is 5.91 Å². The molecule has 0 bridgehead atoms. The van der Waals surface area contributed by atoms with E-state index in [1.807, 2.05) is 29.4 Å². The molecule has 3 heterocycles. The first-order valence-corrected chi connectivity index (χ1v) is 7.67. The summed E-state index contributed by atoms with van der Waals surface area (Å²) in [7, 11) is 0. The molecule has 0 saturated carbocycles. The molecule has 1 aliphatic heterocycles. The number of carbonyl (C=O) groups excluding carboxylic acids is 1. The van der Waals surface area contributed by atoms with Crippen LogP contribution in [0.4, 0.5) is 0 Å². The summed E-state index contributed by atoms with van der Waals surface area (Å²) in [6.45, 7) is 4.14. The third kappa shape index (κ3) is 3.33. The molecule has 0 atom stereocenters. The number of amides is 1. The van der Waals surface area contributed by atoms with Gasteiger partial charge in [0.15, 0.2) is 4.67 Å². The summed E-state index contributed by atoms with van der Waals surface area (Å²) in [5.41, 5.74) is 1.85. The number of rotatable bonds is 3. The van der Waals surface area contributed by atoms with Crippen LogP contribution in [-0.4, -0.2) is 46.9 Å². The molecule has 0 radical (unpaired) electrons. The maximum absolute atomic E-state index is 12.4. The molecule has 0 aliphatic carbocycles. The van der Waals surface area contributed by atoms with E-state index in [1.54, 1.807) is 6.07 Å². The molecule has 1 saturated heterocycles. The molecule has 21 heavy (non-hydrogen) atoms. The summed E-state index contributed by atoms with van der Waals surface area (Å²) in [4.78, 5) is 20.6. The van der Waals surface area contributed by atoms with Gasteiger partial charge in [-0.15, -0.1) is 0 Å². The Morgan fingerprint density at radius 1 is 1.19 bits per heavy atom. The maximum atomic E-state index is 12.4. The molecule has 1 amide bonds. The summed E-state index contributed by atoms with van der Waals surface area (Å²) in [5, 5.41) is 0. The first-order valence-electron chi connectivity index (χ1n) is 6.87. The first-order chi connectivity index (χ1) is 10.2. The highest BCUT2D eigenvalue weighted by Crippen LogP contribution is 2.20. The van der Waals surface area contributed by atoms with Crippen LogP contribution >= 0.6 is 15.9 Å². The zero-order valence-electron chi connectivity index (χ0n) is 11.5. The predicted molar refractivity (Wildman–Crippen MR) is 81.8 cm³/mol. The lowest BCUT2D eigenvalue weighted by molar-refractivity contribution is 0.0626. The average Bonchev–Trinajstić information content (AvgIpc) is 2.94. The van der Waals surface area contributed by atoms with Crippen molar-refractivity contribution < 1.29 is 9.21 Å². The third-order valence-corrected chi connectivity index (χ3v) is 4.28. The molecule has 0 N–H and O–H groups in total. The Kier molecular flexibility index (Phi) is 4.36. The van der Waals surface area contributed by atoms with Gasteiger partial charge in [0.05, 0.1) is 11.8 Å². The molecule has 2 aromatic heterocycles. The fourth-order valence-corrected chi connectivity index (χ4v) is 2.88. The summed E-state index contributed by atoms with van der Waals surface area (Å²) >= 11 is 3.26. The van der Waals surface area contributed by atoms with Crippen LogP contribution in [0, 0.1) is 0 Å². The van der Waals surface area contributed by atoms with E-state index in [2.05, 4.69) is 25.8 Å². The van der Waals surface area contributed by atoms with Crippen LogP contribution in [-0.2, 0) is 6.54 Å². The van der Waals surface area contributed by atoms with E-state index in [0.717, 1.165) is 32.7 Å². The van der Waals surface area contributed by atoms with Crippen molar-refractivity contribution in [3.05, 3.63) is 52.7 Å². The molecule has 0 unspecified atom stereocenters. The highest BCUT2D eigenvalue weighted by atomic mass is 79.9. The van der Waals surface area contributed by atoms with Gasteiger partial charge in [0, 0.05) is 45.1 Å². The van der Waals surface area contributed by atoms with E-state index in [0.29, 0.717) is 10.2 Å². The number of hydrogen-bond donors (Lipinski definition) is 0. The van der Waals surface area contributed by atoms with Crippen molar-refractivity contribution in [1.82, 2.24) is 14.8 Å². The van der Waals surface area contributed by atoms with E-state index in [9.17, 15) is 4.79 Å². The van der Waals surface area contributed by atoms with Crippen LogP contribution in [0.25, 0.3) is 0 Å². The highest BCUT2D eigenvalue weighted by molar-refractivity contribution is 9.10. The monoisotopic (exact) mass is 349 g/mol. The summed E-state index contributed by atoms with van der Waals surface area (Å²) in [6, 6.07) is 5.76. The van der Waals surface area contributed by atoms with Crippen molar-refractivity contribution in [3.8, 4) is 0 Å². The Morgan fingerprint density at radius 2 is 1.90 bits per heavy atom. The van der Waals surface area contributed by atoms with Crippen molar-refractivity contribution >= 4 is 21.8 Å². The Bertz CT molecular complexity index is 606. The minimum atomic E-state index is 0.0270. The maximum Gasteiger partial charge on any atom is 0.258 e. The molecule has 1 aliphatic rings. The van der Waals surface area contributed by atoms with Crippen molar-refractivity contribution in [3.63, 3.8) is 0 Å². The van der Waals surface area contributed by atoms with Crippen molar-refractivity contribution in [2.45, 2.75) is 6.54 Å². The van der Waals surface area contributed by atoms with Gasteiger partial charge in [-0.25, -0.2) is 0 Å². The van der Waals surface area contributed by atoms with E-state index in [4.69, 9.17) is 4.42 Å². The van der Waals surface area contributed by atoms with Crippen molar-refractivity contribution in [2.75, 3.05) is 26.2 Å². The zero-order valence-corrected chi connectivity index (χ0v) is 13.1. The van der Waals surface area contributed by atoms with E-state index in [1.165, 1.54) is 11.8 Å². The van der Waals surface area contributed by atoms with Crippen LogP contribution in [0.3, 0.4) is 0 Å².